The molecule has 2 atom stereocenters. The van der Waals surface area contributed by atoms with Crippen LogP contribution in [0.1, 0.15) is 24.5 Å². The maximum atomic E-state index is 6.21. The Hall–Kier alpha value is -0.610. The largest absolute Gasteiger partial charge is 0.376 e. The van der Waals surface area contributed by atoms with E-state index in [2.05, 4.69) is 5.32 Å². The van der Waals surface area contributed by atoms with Crippen molar-refractivity contribution in [3.05, 3.63) is 34.9 Å². The highest BCUT2D eigenvalue weighted by molar-refractivity contribution is 6.31. The average molecular weight is 270 g/mol. The number of likely N-dealkylation sites (N-methyl/N-ethyl adjacent to an activating group) is 1. The van der Waals surface area contributed by atoms with Gasteiger partial charge in [0.2, 0.25) is 0 Å². The van der Waals surface area contributed by atoms with Crippen LogP contribution in [0.15, 0.2) is 24.3 Å². The zero-order chi connectivity index (χ0) is 12.8. The Morgan fingerprint density at radius 3 is 3.00 bits per heavy atom. The highest BCUT2D eigenvalue weighted by Gasteiger charge is 2.20. The van der Waals surface area contributed by atoms with Crippen LogP contribution < -0.4 is 5.32 Å². The van der Waals surface area contributed by atoms with Gasteiger partial charge in [-0.2, -0.15) is 0 Å². The fraction of sp³-hybridized carbons (Fsp3) is 0.571. The number of benzene rings is 1. The summed E-state index contributed by atoms with van der Waals surface area (Å²) >= 11 is 6.21. The van der Waals surface area contributed by atoms with E-state index < -0.39 is 0 Å². The summed E-state index contributed by atoms with van der Waals surface area (Å²) in [6.07, 6.45) is 2.45. The number of rotatable bonds is 6. The summed E-state index contributed by atoms with van der Waals surface area (Å²) in [6, 6.07) is 7.83. The summed E-state index contributed by atoms with van der Waals surface area (Å²) in [5, 5.41) is 3.90. The van der Waals surface area contributed by atoms with Crippen LogP contribution in [-0.4, -0.2) is 32.9 Å². The first kappa shape index (κ1) is 13.8. The zero-order valence-corrected chi connectivity index (χ0v) is 11.5. The summed E-state index contributed by atoms with van der Waals surface area (Å²) in [5.41, 5.74) is 1.03. The molecule has 100 valence electrons. The Morgan fingerprint density at radius 2 is 2.33 bits per heavy atom. The maximum Gasteiger partial charge on any atom is 0.0964 e. The average Bonchev–Trinajstić information content (AvgIpc) is 2.88. The van der Waals surface area contributed by atoms with Crippen LogP contribution in [0.2, 0.25) is 5.02 Å². The molecule has 0 bridgehead atoms. The molecule has 0 aliphatic carbocycles. The SMILES string of the molecule is CNCC(OCC1CCCO1)c1ccccc1Cl. The maximum absolute atomic E-state index is 6.21. The highest BCUT2D eigenvalue weighted by atomic mass is 35.5. The van der Waals surface area contributed by atoms with Gasteiger partial charge in [-0.3, -0.25) is 0 Å². The molecule has 0 spiro atoms. The van der Waals surface area contributed by atoms with Crippen molar-refractivity contribution in [3.8, 4) is 0 Å². The second-order valence-corrected chi connectivity index (χ2v) is 4.94. The monoisotopic (exact) mass is 269 g/mol. The van der Waals surface area contributed by atoms with Crippen molar-refractivity contribution < 1.29 is 9.47 Å². The van der Waals surface area contributed by atoms with Gasteiger partial charge >= 0.3 is 0 Å². The molecular weight excluding hydrogens is 250 g/mol. The third kappa shape index (κ3) is 3.69. The van der Waals surface area contributed by atoms with Gasteiger partial charge in [0.15, 0.2) is 0 Å². The summed E-state index contributed by atoms with van der Waals surface area (Å²) < 4.78 is 11.5. The molecule has 0 radical (unpaired) electrons. The minimum Gasteiger partial charge on any atom is -0.376 e. The van der Waals surface area contributed by atoms with Crippen molar-refractivity contribution in [3.63, 3.8) is 0 Å². The van der Waals surface area contributed by atoms with Crippen molar-refractivity contribution in [1.29, 1.82) is 0 Å². The van der Waals surface area contributed by atoms with E-state index in [9.17, 15) is 0 Å². The topological polar surface area (TPSA) is 30.5 Å². The van der Waals surface area contributed by atoms with E-state index >= 15 is 0 Å². The molecule has 0 saturated carbocycles. The minimum atomic E-state index is -0.0205. The Morgan fingerprint density at radius 1 is 1.50 bits per heavy atom. The van der Waals surface area contributed by atoms with Crippen LogP contribution in [0.4, 0.5) is 0 Å². The van der Waals surface area contributed by atoms with Gasteiger partial charge in [-0.1, -0.05) is 29.8 Å². The van der Waals surface area contributed by atoms with Gasteiger partial charge in [0.05, 0.1) is 18.8 Å². The van der Waals surface area contributed by atoms with Crippen LogP contribution in [-0.2, 0) is 9.47 Å². The van der Waals surface area contributed by atoms with Gasteiger partial charge < -0.3 is 14.8 Å². The number of ether oxygens (including phenoxy) is 2. The molecule has 0 aromatic heterocycles. The van der Waals surface area contributed by atoms with Crippen molar-refractivity contribution >= 4 is 11.6 Å². The molecule has 0 amide bonds. The molecule has 1 heterocycles. The molecule has 1 aliphatic heterocycles. The highest BCUT2D eigenvalue weighted by Crippen LogP contribution is 2.26. The molecule has 1 saturated heterocycles. The lowest BCUT2D eigenvalue weighted by Crippen LogP contribution is -2.24. The molecule has 3 nitrogen and oxygen atoms in total. The van der Waals surface area contributed by atoms with E-state index in [0.29, 0.717) is 6.61 Å². The molecule has 1 aliphatic rings. The Labute approximate surface area is 113 Å². The predicted molar refractivity (Wildman–Crippen MR) is 73.0 cm³/mol. The molecule has 18 heavy (non-hydrogen) atoms. The van der Waals surface area contributed by atoms with E-state index in [-0.39, 0.29) is 12.2 Å². The first-order valence-electron chi connectivity index (χ1n) is 6.43. The first-order chi connectivity index (χ1) is 8.81. The fourth-order valence-electron chi connectivity index (χ4n) is 2.18. The number of halogens is 1. The van der Waals surface area contributed by atoms with Crippen LogP contribution in [0.3, 0.4) is 0 Å². The van der Waals surface area contributed by atoms with Gasteiger partial charge in [-0.25, -0.2) is 0 Å². The van der Waals surface area contributed by atoms with Crippen LogP contribution in [0.5, 0.6) is 0 Å². The van der Waals surface area contributed by atoms with Gasteiger partial charge in [0.25, 0.3) is 0 Å². The van der Waals surface area contributed by atoms with Crippen molar-refractivity contribution in [1.82, 2.24) is 5.32 Å². The van der Waals surface area contributed by atoms with Gasteiger partial charge in [0, 0.05) is 23.7 Å². The molecule has 1 aromatic carbocycles. The molecule has 2 unspecified atom stereocenters. The minimum absolute atomic E-state index is 0.0205. The molecule has 4 heteroatoms. The molecule has 1 fully saturated rings. The first-order valence-corrected chi connectivity index (χ1v) is 6.81. The second-order valence-electron chi connectivity index (χ2n) is 4.54. The molecule has 1 N–H and O–H groups in total. The van der Waals surface area contributed by atoms with Crippen LogP contribution in [0.25, 0.3) is 0 Å². The summed E-state index contributed by atoms with van der Waals surface area (Å²) in [6.45, 7) is 2.24. The number of hydrogen-bond donors (Lipinski definition) is 1. The normalized spacial score (nSPS) is 21.1. The summed E-state index contributed by atoms with van der Waals surface area (Å²) in [7, 11) is 1.92. The third-order valence-corrected chi connectivity index (χ3v) is 3.49. The zero-order valence-electron chi connectivity index (χ0n) is 10.7. The van der Waals surface area contributed by atoms with Crippen molar-refractivity contribution in [2.24, 2.45) is 0 Å². The van der Waals surface area contributed by atoms with Gasteiger partial charge in [0.1, 0.15) is 0 Å². The standard InChI is InChI=1S/C14H20ClNO2/c1-16-9-14(12-6-2-3-7-13(12)15)18-10-11-5-4-8-17-11/h2-3,6-7,11,14,16H,4-5,8-10H2,1H3. The van der Waals surface area contributed by atoms with E-state index in [0.717, 1.165) is 36.6 Å². The second kappa shape index (κ2) is 7.10. The Bertz CT molecular complexity index is 367. The summed E-state index contributed by atoms with van der Waals surface area (Å²) in [5.74, 6) is 0. The van der Waals surface area contributed by atoms with E-state index in [1.165, 1.54) is 0 Å². The van der Waals surface area contributed by atoms with E-state index in [1.807, 2.05) is 31.3 Å². The van der Waals surface area contributed by atoms with Crippen molar-refractivity contribution in [2.45, 2.75) is 25.0 Å². The van der Waals surface area contributed by atoms with E-state index in [1.54, 1.807) is 0 Å². The van der Waals surface area contributed by atoms with Gasteiger partial charge in [-0.15, -0.1) is 0 Å². The number of nitrogens with one attached hydrogen (secondary N) is 1. The molecular formula is C14H20ClNO2. The molecule has 1 aromatic rings. The van der Waals surface area contributed by atoms with Crippen LogP contribution >= 0.6 is 11.6 Å². The lowest BCUT2D eigenvalue weighted by Gasteiger charge is -2.21. The van der Waals surface area contributed by atoms with E-state index in [4.69, 9.17) is 21.1 Å². The predicted octanol–water partition coefficient (Wildman–Crippen LogP) is 2.80. The Kier molecular flexibility index (Phi) is 5.45. The molecule has 2 rings (SSSR count). The Balaban J connectivity index is 1.96. The smallest absolute Gasteiger partial charge is 0.0964 e. The third-order valence-electron chi connectivity index (χ3n) is 3.15. The fourth-order valence-corrected chi connectivity index (χ4v) is 2.44. The quantitative estimate of drug-likeness (QED) is 0.861. The van der Waals surface area contributed by atoms with Crippen LogP contribution in [0, 0.1) is 0 Å². The van der Waals surface area contributed by atoms with Crippen molar-refractivity contribution in [2.75, 3.05) is 26.8 Å². The van der Waals surface area contributed by atoms with Gasteiger partial charge in [-0.05, 0) is 26.0 Å². The summed E-state index contributed by atoms with van der Waals surface area (Å²) in [4.78, 5) is 0. The number of hydrogen-bond acceptors (Lipinski definition) is 3. The lowest BCUT2D eigenvalue weighted by molar-refractivity contribution is -0.0203. The lowest BCUT2D eigenvalue weighted by atomic mass is 10.1.